The number of hydrogen-bond donors (Lipinski definition) is 3. The number of aromatic nitrogens is 1. The Balaban J connectivity index is 1.81. The van der Waals surface area contributed by atoms with E-state index in [1.54, 1.807) is 13.0 Å². The number of carbonyl (C=O) groups excluding carboxylic acids is 1. The molecule has 1 aromatic carbocycles. The van der Waals surface area contributed by atoms with Gasteiger partial charge in [0.2, 0.25) is 0 Å². The summed E-state index contributed by atoms with van der Waals surface area (Å²) in [4.78, 5) is 26.6. The molecule has 2 aromatic rings. The van der Waals surface area contributed by atoms with Crippen molar-refractivity contribution in [1.82, 2.24) is 10.3 Å². The van der Waals surface area contributed by atoms with Crippen LogP contribution in [-0.4, -0.2) is 40.7 Å². The minimum atomic E-state index is -1.36. The molecule has 0 bridgehead atoms. The summed E-state index contributed by atoms with van der Waals surface area (Å²) < 4.78 is 18.6. The zero-order chi connectivity index (χ0) is 16.6. The maximum absolute atomic E-state index is 13.3. The predicted octanol–water partition coefficient (Wildman–Crippen LogP) is 1.98. The zero-order valence-corrected chi connectivity index (χ0v) is 12.6. The number of aryl methyl sites for hydroxylation is 1. The van der Waals surface area contributed by atoms with E-state index in [2.05, 4.69) is 10.3 Å². The molecular formula is C16H17FN2O4. The van der Waals surface area contributed by atoms with Crippen molar-refractivity contribution in [3.8, 4) is 0 Å². The lowest BCUT2D eigenvalue weighted by molar-refractivity contribution is -0.159. The maximum Gasteiger partial charge on any atom is 0.337 e. The number of carboxylic acids is 1. The van der Waals surface area contributed by atoms with Crippen molar-refractivity contribution < 1.29 is 23.8 Å². The quantitative estimate of drug-likeness (QED) is 0.803. The van der Waals surface area contributed by atoms with Gasteiger partial charge in [0, 0.05) is 17.5 Å². The van der Waals surface area contributed by atoms with Gasteiger partial charge in [-0.15, -0.1) is 0 Å². The first-order valence-electron chi connectivity index (χ1n) is 7.36. The Morgan fingerprint density at radius 1 is 1.48 bits per heavy atom. The van der Waals surface area contributed by atoms with Crippen LogP contribution in [0, 0.1) is 12.7 Å². The van der Waals surface area contributed by atoms with Gasteiger partial charge >= 0.3 is 5.97 Å². The van der Waals surface area contributed by atoms with Crippen LogP contribution < -0.4 is 5.32 Å². The van der Waals surface area contributed by atoms with E-state index < -0.39 is 23.3 Å². The van der Waals surface area contributed by atoms with E-state index in [1.165, 1.54) is 12.1 Å². The van der Waals surface area contributed by atoms with E-state index in [0.717, 1.165) is 5.39 Å². The molecule has 122 valence electrons. The molecule has 3 N–H and O–H groups in total. The second kappa shape index (κ2) is 5.66. The van der Waals surface area contributed by atoms with Crippen LogP contribution in [0.3, 0.4) is 0 Å². The van der Waals surface area contributed by atoms with E-state index in [9.17, 15) is 19.1 Å². The highest BCUT2D eigenvalue weighted by Gasteiger charge is 2.43. The van der Waals surface area contributed by atoms with E-state index in [-0.39, 0.29) is 6.54 Å². The molecule has 3 rings (SSSR count). The normalized spacial score (nSPS) is 20.8. The Morgan fingerprint density at radius 3 is 2.91 bits per heavy atom. The van der Waals surface area contributed by atoms with Crippen LogP contribution in [0.25, 0.3) is 10.9 Å². The fourth-order valence-electron chi connectivity index (χ4n) is 2.93. The van der Waals surface area contributed by atoms with Crippen molar-refractivity contribution in [1.29, 1.82) is 0 Å². The van der Waals surface area contributed by atoms with Gasteiger partial charge < -0.3 is 20.1 Å². The summed E-state index contributed by atoms with van der Waals surface area (Å²) >= 11 is 0. The largest absolute Gasteiger partial charge is 0.479 e. The van der Waals surface area contributed by atoms with Crippen LogP contribution in [0.4, 0.5) is 4.39 Å². The summed E-state index contributed by atoms with van der Waals surface area (Å²) in [5.41, 5.74) is 0.151. The van der Waals surface area contributed by atoms with E-state index in [1.807, 2.05) is 0 Å². The minimum absolute atomic E-state index is 0.107. The second-order valence-corrected chi connectivity index (χ2v) is 5.75. The Hall–Kier alpha value is -2.41. The molecule has 0 aliphatic carbocycles. The monoisotopic (exact) mass is 320 g/mol. The molecule has 2 heterocycles. The molecule has 0 saturated carbocycles. The summed E-state index contributed by atoms with van der Waals surface area (Å²) in [6, 6.07) is 4.25. The number of carboxylic acid groups (broad SMARTS) is 1. The third-order valence-electron chi connectivity index (χ3n) is 4.27. The van der Waals surface area contributed by atoms with Gasteiger partial charge in [-0.25, -0.2) is 9.18 Å². The second-order valence-electron chi connectivity index (χ2n) is 5.75. The SMILES string of the molecule is Cc1c(C(=O)NCC2(C(=O)O)CCCO2)[nH]c2cc(F)ccc12. The van der Waals surface area contributed by atoms with Gasteiger partial charge in [-0.2, -0.15) is 0 Å². The van der Waals surface area contributed by atoms with Crippen molar-refractivity contribution >= 4 is 22.8 Å². The number of benzene rings is 1. The average molecular weight is 320 g/mol. The molecule has 0 radical (unpaired) electrons. The number of H-pyrrole nitrogens is 1. The molecule has 7 heteroatoms. The van der Waals surface area contributed by atoms with E-state index in [0.29, 0.717) is 36.2 Å². The highest BCUT2D eigenvalue weighted by molar-refractivity contribution is 6.01. The molecule has 1 atom stereocenters. The third-order valence-corrected chi connectivity index (χ3v) is 4.27. The van der Waals surface area contributed by atoms with Crippen LogP contribution in [0.2, 0.25) is 0 Å². The van der Waals surface area contributed by atoms with Crippen molar-refractivity contribution in [2.75, 3.05) is 13.2 Å². The predicted molar refractivity (Wildman–Crippen MR) is 80.9 cm³/mol. The van der Waals surface area contributed by atoms with Crippen molar-refractivity contribution in [3.63, 3.8) is 0 Å². The van der Waals surface area contributed by atoms with Gasteiger partial charge in [0.25, 0.3) is 5.91 Å². The van der Waals surface area contributed by atoms with Crippen LogP contribution in [0.15, 0.2) is 18.2 Å². The number of fused-ring (bicyclic) bond motifs is 1. The summed E-state index contributed by atoms with van der Waals surface area (Å²) in [6.07, 6.45) is 1.01. The number of aromatic amines is 1. The van der Waals surface area contributed by atoms with Crippen molar-refractivity contribution in [3.05, 3.63) is 35.3 Å². The lowest BCUT2D eigenvalue weighted by Crippen LogP contribution is -2.48. The van der Waals surface area contributed by atoms with Gasteiger partial charge in [0.15, 0.2) is 5.60 Å². The van der Waals surface area contributed by atoms with E-state index in [4.69, 9.17) is 4.74 Å². The lowest BCUT2D eigenvalue weighted by atomic mass is 10.0. The first-order valence-corrected chi connectivity index (χ1v) is 7.36. The molecule has 1 fully saturated rings. The van der Waals surface area contributed by atoms with Crippen LogP contribution in [-0.2, 0) is 9.53 Å². The molecule has 1 aliphatic rings. The fourth-order valence-corrected chi connectivity index (χ4v) is 2.93. The number of rotatable bonds is 4. The highest BCUT2D eigenvalue weighted by Crippen LogP contribution is 2.26. The number of nitrogens with one attached hydrogen (secondary N) is 2. The smallest absolute Gasteiger partial charge is 0.337 e. The summed E-state index contributed by atoms with van der Waals surface area (Å²) in [5.74, 6) is -1.91. The topological polar surface area (TPSA) is 91.4 Å². The number of amides is 1. The molecule has 23 heavy (non-hydrogen) atoms. The number of aliphatic carboxylic acids is 1. The van der Waals surface area contributed by atoms with Gasteiger partial charge in [0.1, 0.15) is 11.5 Å². The first kappa shape index (κ1) is 15.5. The molecule has 1 unspecified atom stereocenters. The van der Waals surface area contributed by atoms with Crippen LogP contribution >= 0.6 is 0 Å². The first-order chi connectivity index (χ1) is 10.9. The molecule has 6 nitrogen and oxygen atoms in total. The maximum atomic E-state index is 13.3. The Kier molecular flexibility index (Phi) is 3.81. The van der Waals surface area contributed by atoms with Gasteiger partial charge in [-0.05, 0) is 43.5 Å². The zero-order valence-electron chi connectivity index (χ0n) is 12.6. The standard InChI is InChI=1S/C16H17FN2O4/c1-9-11-4-3-10(17)7-12(11)19-13(9)14(20)18-8-16(15(21)22)5-2-6-23-16/h3-4,7,19H,2,5-6,8H2,1H3,(H,18,20)(H,21,22). The van der Waals surface area contributed by atoms with Crippen LogP contribution in [0.5, 0.6) is 0 Å². The minimum Gasteiger partial charge on any atom is -0.479 e. The molecule has 1 amide bonds. The summed E-state index contributed by atoms with van der Waals surface area (Å²) in [5, 5.41) is 12.7. The van der Waals surface area contributed by atoms with Crippen molar-refractivity contribution in [2.24, 2.45) is 0 Å². The van der Waals surface area contributed by atoms with Gasteiger partial charge in [-0.3, -0.25) is 4.79 Å². The molecule has 1 saturated heterocycles. The van der Waals surface area contributed by atoms with E-state index >= 15 is 0 Å². The number of halogens is 1. The summed E-state index contributed by atoms with van der Waals surface area (Å²) in [6.45, 7) is 2.02. The fraction of sp³-hybridized carbons (Fsp3) is 0.375. The molecular weight excluding hydrogens is 303 g/mol. The Morgan fingerprint density at radius 2 is 2.26 bits per heavy atom. The lowest BCUT2D eigenvalue weighted by Gasteiger charge is -2.23. The summed E-state index contributed by atoms with van der Waals surface area (Å²) in [7, 11) is 0. The average Bonchev–Trinajstić information content (AvgIpc) is 3.11. The van der Waals surface area contributed by atoms with Crippen LogP contribution in [0.1, 0.15) is 28.9 Å². The molecule has 1 aliphatic heterocycles. The number of ether oxygens (including phenoxy) is 1. The third kappa shape index (κ3) is 2.68. The molecule has 0 spiro atoms. The van der Waals surface area contributed by atoms with Crippen molar-refractivity contribution in [2.45, 2.75) is 25.4 Å². The number of hydrogen-bond acceptors (Lipinski definition) is 3. The Bertz CT molecular complexity index is 778. The number of carbonyl (C=O) groups is 2. The van der Waals surface area contributed by atoms with Gasteiger partial charge in [-0.1, -0.05) is 0 Å². The van der Waals surface area contributed by atoms with Gasteiger partial charge in [0.05, 0.1) is 6.54 Å². The Labute approximate surface area is 131 Å². The molecule has 1 aromatic heterocycles. The highest BCUT2D eigenvalue weighted by atomic mass is 19.1.